The Morgan fingerprint density at radius 3 is 1.74 bits per heavy atom. The first kappa shape index (κ1) is 29.4. The third-order valence-electron chi connectivity index (χ3n) is 5.96. The molecular formula is C25H32Cl4N4O2. The molecular weight excluding hydrogens is 530 g/mol. The number of halogens is 4. The SMILES string of the molecule is CCCC[C@@](CC)(CCCNC(=O)Nc1ccc(Cl)c(Cl)c1)CNC(=O)Nc1ccc(Cl)c(Cl)c1. The molecule has 0 spiro atoms. The van der Waals surface area contributed by atoms with E-state index in [1.807, 2.05) is 0 Å². The van der Waals surface area contributed by atoms with Crippen molar-refractivity contribution in [3.05, 3.63) is 56.5 Å². The number of unbranched alkanes of at least 4 members (excludes halogenated alkanes) is 1. The van der Waals surface area contributed by atoms with Crippen molar-refractivity contribution in [2.75, 3.05) is 23.7 Å². The predicted molar refractivity (Wildman–Crippen MR) is 148 cm³/mol. The van der Waals surface area contributed by atoms with E-state index in [2.05, 4.69) is 35.1 Å². The van der Waals surface area contributed by atoms with Crippen LogP contribution >= 0.6 is 46.4 Å². The minimum absolute atomic E-state index is 0.0626. The van der Waals surface area contributed by atoms with E-state index in [0.29, 0.717) is 44.6 Å². The lowest BCUT2D eigenvalue weighted by Crippen LogP contribution is -2.40. The fourth-order valence-electron chi connectivity index (χ4n) is 3.76. The lowest BCUT2D eigenvalue weighted by Gasteiger charge is -2.33. The van der Waals surface area contributed by atoms with Gasteiger partial charge in [0.2, 0.25) is 0 Å². The van der Waals surface area contributed by atoms with E-state index in [1.165, 1.54) is 0 Å². The highest BCUT2D eigenvalue weighted by Gasteiger charge is 2.28. The third-order valence-corrected chi connectivity index (χ3v) is 7.44. The molecule has 192 valence electrons. The summed E-state index contributed by atoms with van der Waals surface area (Å²) in [6.45, 7) is 5.33. The van der Waals surface area contributed by atoms with E-state index in [9.17, 15) is 9.59 Å². The van der Waals surface area contributed by atoms with Crippen LogP contribution in [0, 0.1) is 5.41 Å². The van der Waals surface area contributed by atoms with Crippen molar-refractivity contribution in [3.8, 4) is 0 Å². The molecule has 0 heterocycles. The number of urea groups is 2. The highest BCUT2D eigenvalue weighted by Crippen LogP contribution is 2.33. The minimum Gasteiger partial charge on any atom is -0.338 e. The van der Waals surface area contributed by atoms with Crippen molar-refractivity contribution in [2.24, 2.45) is 5.41 Å². The van der Waals surface area contributed by atoms with Crippen LogP contribution in [0.4, 0.5) is 21.0 Å². The molecule has 0 radical (unpaired) electrons. The molecule has 10 heteroatoms. The van der Waals surface area contributed by atoms with Gasteiger partial charge in [0.15, 0.2) is 0 Å². The zero-order valence-corrected chi connectivity index (χ0v) is 23.0. The first-order valence-electron chi connectivity index (χ1n) is 11.7. The Morgan fingerprint density at radius 2 is 1.26 bits per heavy atom. The van der Waals surface area contributed by atoms with E-state index in [4.69, 9.17) is 46.4 Å². The monoisotopic (exact) mass is 560 g/mol. The van der Waals surface area contributed by atoms with Crippen LogP contribution in [-0.4, -0.2) is 25.2 Å². The number of hydrogen-bond acceptors (Lipinski definition) is 2. The van der Waals surface area contributed by atoms with Crippen molar-refractivity contribution in [3.63, 3.8) is 0 Å². The summed E-state index contributed by atoms with van der Waals surface area (Å²) in [5, 5.41) is 13.1. The summed E-state index contributed by atoms with van der Waals surface area (Å²) in [6, 6.07) is 9.28. The van der Waals surface area contributed by atoms with Crippen molar-refractivity contribution >= 4 is 69.8 Å². The van der Waals surface area contributed by atoms with Crippen LogP contribution in [0.1, 0.15) is 52.4 Å². The van der Waals surface area contributed by atoms with Crippen molar-refractivity contribution < 1.29 is 9.59 Å². The molecule has 2 rings (SSSR count). The summed E-state index contributed by atoms with van der Waals surface area (Å²) >= 11 is 23.9. The fraction of sp³-hybridized carbons (Fsp3) is 0.440. The smallest absolute Gasteiger partial charge is 0.319 e. The fourth-order valence-corrected chi connectivity index (χ4v) is 4.36. The lowest BCUT2D eigenvalue weighted by molar-refractivity contribution is 0.202. The lowest BCUT2D eigenvalue weighted by atomic mass is 9.76. The van der Waals surface area contributed by atoms with Gasteiger partial charge in [0.05, 0.1) is 20.1 Å². The van der Waals surface area contributed by atoms with Gasteiger partial charge in [0, 0.05) is 24.5 Å². The first-order valence-corrected chi connectivity index (χ1v) is 13.2. The molecule has 0 aliphatic heterocycles. The highest BCUT2D eigenvalue weighted by atomic mass is 35.5. The molecule has 0 saturated carbocycles. The molecule has 0 fully saturated rings. The van der Waals surface area contributed by atoms with Gasteiger partial charge in [0.25, 0.3) is 0 Å². The molecule has 6 nitrogen and oxygen atoms in total. The summed E-state index contributed by atoms with van der Waals surface area (Å²) in [5.74, 6) is 0. The Labute approximate surface area is 227 Å². The Hall–Kier alpha value is -1.86. The maximum absolute atomic E-state index is 12.5. The van der Waals surface area contributed by atoms with Gasteiger partial charge in [-0.05, 0) is 67.5 Å². The summed E-state index contributed by atoms with van der Waals surface area (Å²) in [5.41, 5.74) is 1.08. The molecule has 0 bridgehead atoms. The Kier molecular flexibility index (Phi) is 12.3. The molecule has 0 saturated heterocycles. The second-order valence-electron chi connectivity index (χ2n) is 8.51. The van der Waals surface area contributed by atoms with Gasteiger partial charge in [-0.1, -0.05) is 73.1 Å². The van der Waals surface area contributed by atoms with Crippen molar-refractivity contribution in [1.82, 2.24) is 10.6 Å². The Bertz CT molecular complexity index is 1010. The van der Waals surface area contributed by atoms with Crippen molar-refractivity contribution in [1.29, 1.82) is 0 Å². The normalized spacial score (nSPS) is 12.5. The van der Waals surface area contributed by atoms with Gasteiger partial charge in [0.1, 0.15) is 0 Å². The molecule has 0 unspecified atom stereocenters. The van der Waals surface area contributed by atoms with Crippen LogP contribution in [0.3, 0.4) is 0 Å². The standard InChI is InChI=1S/C25H32Cl4N4O2/c1-3-5-11-25(4-2,16-31-24(35)33-18-8-10-20(27)22(29)15-18)12-6-13-30-23(34)32-17-7-9-19(26)21(28)14-17/h7-10,14-15H,3-6,11-13,16H2,1-2H3,(H2,30,32,34)(H2,31,33,35)/t25-/m0/s1. The summed E-state index contributed by atoms with van der Waals surface area (Å²) in [7, 11) is 0. The zero-order chi connectivity index (χ0) is 25.8. The maximum atomic E-state index is 12.5. The van der Waals surface area contributed by atoms with Gasteiger partial charge < -0.3 is 21.3 Å². The second kappa shape index (κ2) is 14.6. The van der Waals surface area contributed by atoms with Crippen LogP contribution in [-0.2, 0) is 0 Å². The van der Waals surface area contributed by atoms with E-state index >= 15 is 0 Å². The zero-order valence-electron chi connectivity index (χ0n) is 19.9. The van der Waals surface area contributed by atoms with E-state index in [-0.39, 0.29) is 17.5 Å². The first-order chi connectivity index (χ1) is 16.7. The number of hydrogen-bond donors (Lipinski definition) is 4. The number of carbonyl (C=O) groups is 2. The Morgan fingerprint density at radius 1 is 0.743 bits per heavy atom. The molecule has 1 atom stereocenters. The quantitative estimate of drug-likeness (QED) is 0.196. The summed E-state index contributed by atoms with van der Waals surface area (Å²) in [4.78, 5) is 24.7. The topological polar surface area (TPSA) is 82.3 Å². The molecule has 0 aliphatic carbocycles. The predicted octanol–water partition coefficient (Wildman–Crippen LogP) is 8.61. The average Bonchev–Trinajstić information content (AvgIpc) is 2.83. The number of carbonyl (C=O) groups excluding carboxylic acids is 2. The van der Waals surface area contributed by atoms with E-state index in [1.54, 1.807) is 36.4 Å². The number of nitrogens with one attached hydrogen (secondary N) is 4. The van der Waals surface area contributed by atoms with Crippen molar-refractivity contribution in [2.45, 2.75) is 52.4 Å². The van der Waals surface area contributed by atoms with Crippen LogP contribution < -0.4 is 21.3 Å². The second-order valence-corrected chi connectivity index (χ2v) is 10.1. The average molecular weight is 562 g/mol. The van der Waals surface area contributed by atoms with E-state index < -0.39 is 0 Å². The van der Waals surface area contributed by atoms with Gasteiger partial charge in [-0.25, -0.2) is 9.59 Å². The summed E-state index contributed by atoms with van der Waals surface area (Å²) < 4.78 is 0. The van der Waals surface area contributed by atoms with Gasteiger partial charge >= 0.3 is 12.1 Å². The molecule has 2 aromatic carbocycles. The number of rotatable bonds is 12. The maximum Gasteiger partial charge on any atom is 0.319 e. The van der Waals surface area contributed by atoms with Gasteiger partial charge in [-0.15, -0.1) is 0 Å². The molecule has 4 N–H and O–H groups in total. The van der Waals surface area contributed by atoms with Crippen LogP contribution in [0.5, 0.6) is 0 Å². The molecule has 4 amide bonds. The summed E-state index contributed by atoms with van der Waals surface area (Å²) in [6.07, 6.45) is 5.68. The highest BCUT2D eigenvalue weighted by molar-refractivity contribution is 6.42. The third kappa shape index (κ3) is 9.96. The molecule has 0 aliphatic rings. The van der Waals surface area contributed by atoms with Gasteiger partial charge in [-0.3, -0.25) is 0 Å². The Balaban J connectivity index is 1.85. The van der Waals surface area contributed by atoms with Crippen LogP contribution in [0.15, 0.2) is 36.4 Å². The number of benzene rings is 2. The largest absolute Gasteiger partial charge is 0.338 e. The van der Waals surface area contributed by atoms with E-state index in [0.717, 1.165) is 38.5 Å². The minimum atomic E-state index is -0.307. The number of amides is 4. The van der Waals surface area contributed by atoms with Crippen LogP contribution in [0.25, 0.3) is 0 Å². The van der Waals surface area contributed by atoms with Crippen LogP contribution in [0.2, 0.25) is 20.1 Å². The molecule has 35 heavy (non-hydrogen) atoms. The molecule has 2 aromatic rings. The number of anilines is 2. The molecule has 0 aromatic heterocycles. The van der Waals surface area contributed by atoms with Gasteiger partial charge in [-0.2, -0.15) is 0 Å².